The summed E-state index contributed by atoms with van der Waals surface area (Å²) in [6.45, 7) is 8.79. The van der Waals surface area contributed by atoms with Crippen LogP contribution >= 0.6 is 12.2 Å². The summed E-state index contributed by atoms with van der Waals surface area (Å²) in [5.41, 5.74) is 1.22. The molecule has 0 saturated carbocycles. The van der Waals surface area contributed by atoms with Gasteiger partial charge in [0.15, 0.2) is 4.77 Å². The second-order valence-corrected chi connectivity index (χ2v) is 4.12. The lowest BCUT2D eigenvalue weighted by atomic mass is 10.0. The molecule has 1 N–H and O–H groups in total. The van der Waals surface area contributed by atoms with Crippen LogP contribution in [0.4, 0.5) is 0 Å². The number of aromatic amines is 1. The van der Waals surface area contributed by atoms with Gasteiger partial charge < -0.3 is 9.55 Å². The molecule has 1 aromatic rings. The Morgan fingerprint density at radius 2 is 2.15 bits per heavy atom. The Morgan fingerprint density at radius 1 is 1.54 bits per heavy atom. The van der Waals surface area contributed by atoms with Crippen molar-refractivity contribution in [3.63, 3.8) is 0 Å². The van der Waals surface area contributed by atoms with Crippen molar-refractivity contribution in [2.24, 2.45) is 5.92 Å². The van der Waals surface area contributed by atoms with Gasteiger partial charge in [0.2, 0.25) is 0 Å². The maximum absolute atomic E-state index is 5.22. The Hall–Kier alpha value is -0.570. The molecule has 74 valence electrons. The number of rotatable bonds is 3. The molecule has 0 amide bonds. The average molecular weight is 198 g/mol. The van der Waals surface area contributed by atoms with Crippen molar-refractivity contribution in [3.8, 4) is 0 Å². The minimum absolute atomic E-state index is 0.490. The molecule has 2 atom stereocenters. The van der Waals surface area contributed by atoms with Crippen LogP contribution in [0.2, 0.25) is 0 Å². The lowest BCUT2D eigenvalue weighted by Gasteiger charge is -2.21. The summed E-state index contributed by atoms with van der Waals surface area (Å²) in [4.78, 5) is 3.07. The van der Waals surface area contributed by atoms with Gasteiger partial charge in [-0.15, -0.1) is 0 Å². The summed E-state index contributed by atoms with van der Waals surface area (Å²) in [6, 6.07) is 0.490. The van der Waals surface area contributed by atoms with Gasteiger partial charge in [-0.25, -0.2) is 0 Å². The van der Waals surface area contributed by atoms with Gasteiger partial charge in [0.1, 0.15) is 0 Å². The van der Waals surface area contributed by atoms with Crippen molar-refractivity contribution in [2.75, 3.05) is 0 Å². The quantitative estimate of drug-likeness (QED) is 0.738. The molecule has 0 aliphatic heterocycles. The molecule has 2 unspecified atom stereocenters. The summed E-state index contributed by atoms with van der Waals surface area (Å²) in [7, 11) is 0. The van der Waals surface area contributed by atoms with E-state index in [1.54, 1.807) is 0 Å². The molecule has 0 bridgehead atoms. The van der Waals surface area contributed by atoms with Crippen LogP contribution < -0.4 is 0 Å². The fourth-order valence-corrected chi connectivity index (χ4v) is 1.94. The molecule has 0 spiro atoms. The standard InChI is InChI=1S/C10H18N2S/c1-5-7(2)9(4)12-8(3)6-11-10(12)13/h6-7,9H,5H2,1-4H3,(H,11,13). The number of aryl methyl sites for hydroxylation is 1. The maximum atomic E-state index is 5.22. The van der Waals surface area contributed by atoms with Crippen LogP contribution in [-0.2, 0) is 0 Å². The molecule has 13 heavy (non-hydrogen) atoms. The van der Waals surface area contributed by atoms with Gasteiger partial charge in [0, 0.05) is 17.9 Å². The lowest BCUT2D eigenvalue weighted by molar-refractivity contribution is 0.362. The normalized spacial score (nSPS) is 15.7. The summed E-state index contributed by atoms with van der Waals surface area (Å²) in [6.07, 6.45) is 3.16. The van der Waals surface area contributed by atoms with E-state index in [4.69, 9.17) is 12.2 Å². The van der Waals surface area contributed by atoms with E-state index in [-0.39, 0.29) is 0 Å². The largest absolute Gasteiger partial charge is 0.337 e. The minimum atomic E-state index is 0.490. The Kier molecular flexibility index (Phi) is 3.31. The van der Waals surface area contributed by atoms with E-state index >= 15 is 0 Å². The van der Waals surface area contributed by atoms with Crippen LogP contribution in [0.5, 0.6) is 0 Å². The summed E-state index contributed by atoms with van der Waals surface area (Å²) in [5.74, 6) is 0.668. The van der Waals surface area contributed by atoms with Gasteiger partial charge in [-0.05, 0) is 32.0 Å². The Balaban J connectivity index is 3.00. The molecular weight excluding hydrogens is 180 g/mol. The third kappa shape index (κ3) is 2.02. The first-order valence-corrected chi connectivity index (χ1v) is 5.25. The smallest absolute Gasteiger partial charge is 0.177 e. The van der Waals surface area contributed by atoms with E-state index in [9.17, 15) is 0 Å². The summed E-state index contributed by atoms with van der Waals surface area (Å²) >= 11 is 5.22. The Bertz CT molecular complexity index is 324. The number of aromatic nitrogens is 2. The van der Waals surface area contributed by atoms with Crippen molar-refractivity contribution < 1.29 is 0 Å². The van der Waals surface area contributed by atoms with Gasteiger partial charge in [-0.1, -0.05) is 20.3 Å². The molecule has 0 saturated heterocycles. The summed E-state index contributed by atoms with van der Waals surface area (Å²) in [5, 5.41) is 0. The number of nitrogens with one attached hydrogen (secondary N) is 1. The molecule has 0 aliphatic rings. The number of hydrogen-bond acceptors (Lipinski definition) is 1. The fourth-order valence-electron chi connectivity index (χ4n) is 1.57. The molecule has 0 aliphatic carbocycles. The molecule has 0 radical (unpaired) electrons. The van der Waals surface area contributed by atoms with Crippen molar-refractivity contribution in [2.45, 2.75) is 40.2 Å². The van der Waals surface area contributed by atoms with Gasteiger partial charge in [0.25, 0.3) is 0 Å². The van der Waals surface area contributed by atoms with Gasteiger partial charge in [0.05, 0.1) is 0 Å². The molecule has 1 rings (SSSR count). The molecule has 0 aromatic carbocycles. The van der Waals surface area contributed by atoms with Crippen LogP contribution in [0.15, 0.2) is 6.20 Å². The first-order valence-electron chi connectivity index (χ1n) is 4.84. The van der Waals surface area contributed by atoms with E-state index in [1.807, 2.05) is 6.20 Å². The van der Waals surface area contributed by atoms with Crippen LogP contribution in [0.1, 0.15) is 38.9 Å². The van der Waals surface area contributed by atoms with Gasteiger partial charge in [-0.2, -0.15) is 0 Å². The monoisotopic (exact) mass is 198 g/mol. The van der Waals surface area contributed by atoms with Crippen molar-refractivity contribution in [1.29, 1.82) is 0 Å². The second kappa shape index (κ2) is 4.09. The predicted octanol–water partition coefficient (Wildman–Crippen LogP) is 3.46. The molecular formula is C10H18N2S. The SMILES string of the molecule is CCC(C)C(C)n1c(C)c[nH]c1=S. The highest BCUT2D eigenvalue weighted by Gasteiger charge is 2.14. The second-order valence-electron chi connectivity index (χ2n) is 3.73. The van der Waals surface area contributed by atoms with Crippen molar-refractivity contribution in [3.05, 3.63) is 16.7 Å². The predicted molar refractivity (Wildman–Crippen MR) is 58.5 cm³/mol. The minimum Gasteiger partial charge on any atom is -0.337 e. The van der Waals surface area contributed by atoms with Crippen molar-refractivity contribution >= 4 is 12.2 Å². The third-order valence-corrected chi connectivity index (χ3v) is 3.19. The molecule has 2 nitrogen and oxygen atoms in total. The lowest BCUT2D eigenvalue weighted by Crippen LogP contribution is -2.14. The zero-order valence-corrected chi connectivity index (χ0v) is 9.61. The highest BCUT2D eigenvalue weighted by Crippen LogP contribution is 2.22. The van der Waals surface area contributed by atoms with Crippen LogP contribution in [0.25, 0.3) is 0 Å². The van der Waals surface area contributed by atoms with E-state index < -0.39 is 0 Å². The zero-order chi connectivity index (χ0) is 10.0. The summed E-state index contributed by atoms with van der Waals surface area (Å²) < 4.78 is 3.04. The van der Waals surface area contributed by atoms with Crippen LogP contribution in [0.3, 0.4) is 0 Å². The van der Waals surface area contributed by atoms with Gasteiger partial charge >= 0.3 is 0 Å². The average Bonchev–Trinajstić information content (AvgIpc) is 2.44. The van der Waals surface area contributed by atoms with Gasteiger partial charge in [-0.3, -0.25) is 0 Å². The Labute approximate surface area is 85.0 Å². The Morgan fingerprint density at radius 3 is 2.54 bits per heavy atom. The third-order valence-electron chi connectivity index (χ3n) is 2.88. The number of H-pyrrole nitrogens is 1. The van der Waals surface area contributed by atoms with Crippen molar-refractivity contribution in [1.82, 2.24) is 9.55 Å². The van der Waals surface area contributed by atoms with Crippen LogP contribution in [-0.4, -0.2) is 9.55 Å². The van der Waals surface area contributed by atoms with E-state index in [0.29, 0.717) is 12.0 Å². The fraction of sp³-hybridized carbons (Fsp3) is 0.700. The maximum Gasteiger partial charge on any atom is 0.177 e. The zero-order valence-electron chi connectivity index (χ0n) is 8.79. The van der Waals surface area contributed by atoms with E-state index in [0.717, 1.165) is 4.77 Å². The topological polar surface area (TPSA) is 20.7 Å². The first-order chi connectivity index (χ1) is 6.07. The first kappa shape index (κ1) is 10.5. The number of nitrogens with zero attached hydrogens (tertiary/aromatic N) is 1. The number of hydrogen-bond donors (Lipinski definition) is 1. The highest BCUT2D eigenvalue weighted by molar-refractivity contribution is 7.71. The molecule has 1 aromatic heterocycles. The highest BCUT2D eigenvalue weighted by atomic mass is 32.1. The van der Waals surface area contributed by atoms with E-state index in [1.165, 1.54) is 12.1 Å². The number of imidazole rings is 1. The molecule has 3 heteroatoms. The molecule has 0 fully saturated rings. The van der Waals surface area contributed by atoms with Crippen LogP contribution in [0, 0.1) is 17.6 Å². The van der Waals surface area contributed by atoms with E-state index in [2.05, 4.69) is 37.2 Å². The molecule has 1 heterocycles.